The lowest BCUT2D eigenvalue weighted by Crippen LogP contribution is -2.27. The van der Waals surface area contributed by atoms with Crippen LogP contribution in [0.1, 0.15) is 30.5 Å². The van der Waals surface area contributed by atoms with Gasteiger partial charge in [0.25, 0.3) is 0 Å². The molecule has 0 saturated heterocycles. The van der Waals surface area contributed by atoms with Gasteiger partial charge < -0.3 is 9.32 Å². The number of halogens is 1. The fraction of sp³-hybridized carbons (Fsp3) is 0.357. The van der Waals surface area contributed by atoms with Crippen LogP contribution in [0.3, 0.4) is 0 Å². The number of hydrogen-bond donors (Lipinski definition) is 0. The van der Waals surface area contributed by atoms with Crippen LogP contribution in [0.2, 0.25) is 5.02 Å². The van der Waals surface area contributed by atoms with E-state index >= 15 is 0 Å². The first-order valence-electron chi connectivity index (χ1n) is 6.46. The molecule has 0 saturated carbocycles. The van der Waals surface area contributed by atoms with Gasteiger partial charge in [-0.1, -0.05) is 31.0 Å². The molecule has 0 unspecified atom stereocenters. The lowest BCUT2D eigenvalue weighted by molar-refractivity contribution is 0.0754. The fourth-order valence-electron chi connectivity index (χ4n) is 1.71. The molecule has 1 aromatic carbocycles. The van der Waals surface area contributed by atoms with Crippen molar-refractivity contribution in [2.75, 3.05) is 13.6 Å². The molecule has 6 heteroatoms. The second kappa shape index (κ2) is 6.52. The Morgan fingerprint density at radius 1 is 1.40 bits per heavy atom. The summed E-state index contributed by atoms with van der Waals surface area (Å²) in [5.41, 5.74) is 0.695. The highest BCUT2D eigenvalue weighted by molar-refractivity contribution is 6.30. The van der Waals surface area contributed by atoms with Gasteiger partial charge in [0.2, 0.25) is 5.89 Å². The number of carbonyl (C=O) groups excluding carboxylic acids is 1. The monoisotopic (exact) mass is 293 g/mol. The maximum atomic E-state index is 12.1. The molecule has 0 aliphatic carbocycles. The standard InChI is InChI=1S/C14H16ClN3O2/c1-3-4-8-18(2)14(19)13-17-16-12(20-13)10-6-5-7-11(15)9-10/h5-7,9H,3-4,8H2,1-2H3. The van der Waals surface area contributed by atoms with Crippen molar-refractivity contribution >= 4 is 17.5 Å². The molecule has 0 atom stereocenters. The summed E-state index contributed by atoms with van der Waals surface area (Å²) in [5.74, 6) is 0.0255. The van der Waals surface area contributed by atoms with E-state index in [4.69, 9.17) is 16.0 Å². The number of amides is 1. The molecule has 0 bridgehead atoms. The van der Waals surface area contributed by atoms with Gasteiger partial charge in [-0.15, -0.1) is 10.2 Å². The lowest BCUT2D eigenvalue weighted by Gasteiger charge is -2.13. The summed E-state index contributed by atoms with van der Waals surface area (Å²) in [7, 11) is 1.72. The van der Waals surface area contributed by atoms with Crippen molar-refractivity contribution in [1.29, 1.82) is 0 Å². The Labute approximate surface area is 122 Å². The van der Waals surface area contributed by atoms with Crippen molar-refractivity contribution in [3.05, 3.63) is 35.2 Å². The van der Waals surface area contributed by atoms with Gasteiger partial charge in [-0.05, 0) is 24.6 Å². The first kappa shape index (κ1) is 14.5. The van der Waals surface area contributed by atoms with E-state index in [0.29, 0.717) is 23.0 Å². The fourth-order valence-corrected chi connectivity index (χ4v) is 1.90. The van der Waals surface area contributed by atoms with Gasteiger partial charge in [0.05, 0.1) is 0 Å². The van der Waals surface area contributed by atoms with E-state index in [-0.39, 0.29) is 11.8 Å². The summed E-state index contributed by atoms with van der Waals surface area (Å²) in [4.78, 5) is 13.6. The molecule has 0 spiro atoms. The molecule has 5 nitrogen and oxygen atoms in total. The van der Waals surface area contributed by atoms with Gasteiger partial charge in [0, 0.05) is 24.2 Å². The normalized spacial score (nSPS) is 10.6. The van der Waals surface area contributed by atoms with Gasteiger partial charge in [0.15, 0.2) is 0 Å². The van der Waals surface area contributed by atoms with Crippen molar-refractivity contribution < 1.29 is 9.21 Å². The number of rotatable bonds is 5. The molecular weight excluding hydrogens is 278 g/mol. The Bertz CT molecular complexity index is 598. The van der Waals surface area contributed by atoms with Gasteiger partial charge in [-0.25, -0.2) is 0 Å². The molecule has 2 aromatic rings. The minimum Gasteiger partial charge on any atom is -0.412 e. The molecular formula is C14H16ClN3O2. The number of carbonyl (C=O) groups is 1. The lowest BCUT2D eigenvalue weighted by atomic mass is 10.2. The van der Waals surface area contributed by atoms with Crippen LogP contribution in [0, 0.1) is 0 Å². The Morgan fingerprint density at radius 3 is 2.90 bits per heavy atom. The molecule has 1 amide bonds. The van der Waals surface area contributed by atoms with E-state index in [9.17, 15) is 4.79 Å². The van der Waals surface area contributed by atoms with Crippen molar-refractivity contribution in [3.8, 4) is 11.5 Å². The van der Waals surface area contributed by atoms with Crippen LogP contribution in [0.25, 0.3) is 11.5 Å². The molecule has 1 heterocycles. The van der Waals surface area contributed by atoms with Crippen molar-refractivity contribution in [3.63, 3.8) is 0 Å². The third-order valence-corrected chi connectivity index (χ3v) is 3.11. The van der Waals surface area contributed by atoms with Gasteiger partial charge >= 0.3 is 11.8 Å². The molecule has 0 fully saturated rings. The van der Waals surface area contributed by atoms with Crippen LogP contribution < -0.4 is 0 Å². The Balaban J connectivity index is 2.14. The molecule has 0 N–H and O–H groups in total. The van der Waals surface area contributed by atoms with E-state index in [2.05, 4.69) is 17.1 Å². The number of hydrogen-bond acceptors (Lipinski definition) is 4. The predicted molar refractivity (Wildman–Crippen MR) is 76.6 cm³/mol. The van der Waals surface area contributed by atoms with E-state index < -0.39 is 0 Å². The SMILES string of the molecule is CCCCN(C)C(=O)c1nnc(-c2cccc(Cl)c2)o1. The smallest absolute Gasteiger partial charge is 0.311 e. The number of unbranched alkanes of at least 4 members (excludes halogenated alkanes) is 1. The zero-order valence-electron chi connectivity index (χ0n) is 11.5. The van der Waals surface area contributed by atoms with Crippen LogP contribution in [0.5, 0.6) is 0 Å². The predicted octanol–water partition coefficient (Wildman–Crippen LogP) is 3.26. The molecule has 0 aliphatic heterocycles. The van der Waals surface area contributed by atoms with Gasteiger partial charge in [0.1, 0.15) is 0 Å². The van der Waals surface area contributed by atoms with E-state index in [0.717, 1.165) is 12.8 Å². The highest BCUT2D eigenvalue weighted by Crippen LogP contribution is 2.21. The highest BCUT2D eigenvalue weighted by Gasteiger charge is 2.19. The summed E-state index contributed by atoms with van der Waals surface area (Å²) in [5, 5.41) is 8.27. The largest absolute Gasteiger partial charge is 0.412 e. The third kappa shape index (κ3) is 3.36. The van der Waals surface area contributed by atoms with Crippen LogP contribution in [-0.2, 0) is 0 Å². The Morgan fingerprint density at radius 2 is 2.20 bits per heavy atom. The van der Waals surface area contributed by atoms with E-state index in [1.807, 2.05) is 0 Å². The highest BCUT2D eigenvalue weighted by atomic mass is 35.5. The third-order valence-electron chi connectivity index (χ3n) is 2.87. The maximum absolute atomic E-state index is 12.1. The maximum Gasteiger partial charge on any atom is 0.311 e. The van der Waals surface area contributed by atoms with E-state index in [1.165, 1.54) is 0 Å². The van der Waals surface area contributed by atoms with Crippen LogP contribution in [0.4, 0.5) is 0 Å². The molecule has 20 heavy (non-hydrogen) atoms. The first-order valence-corrected chi connectivity index (χ1v) is 6.84. The van der Waals surface area contributed by atoms with Gasteiger partial charge in [-0.3, -0.25) is 4.79 Å². The second-order valence-corrected chi connectivity index (χ2v) is 4.94. The molecule has 0 aliphatic rings. The minimum atomic E-state index is -0.265. The molecule has 106 valence electrons. The van der Waals surface area contributed by atoms with Crippen molar-refractivity contribution in [2.45, 2.75) is 19.8 Å². The summed E-state index contributed by atoms with van der Waals surface area (Å²) < 4.78 is 5.42. The quantitative estimate of drug-likeness (QED) is 0.849. The number of benzene rings is 1. The Hall–Kier alpha value is -1.88. The summed E-state index contributed by atoms with van der Waals surface area (Å²) in [6.45, 7) is 2.74. The van der Waals surface area contributed by atoms with E-state index in [1.54, 1.807) is 36.2 Å². The second-order valence-electron chi connectivity index (χ2n) is 4.50. The number of nitrogens with zero attached hydrogens (tertiary/aromatic N) is 3. The first-order chi connectivity index (χ1) is 9.61. The number of aromatic nitrogens is 2. The molecule has 2 rings (SSSR count). The van der Waals surface area contributed by atoms with Crippen LogP contribution >= 0.6 is 11.6 Å². The topological polar surface area (TPSA) is 59.2 Å². The average molecular weight is 294 g/mol. The van der Waals surface area contributed by atoms with Crippen LogP contribution in [-0.4, -0.2) is 34.6 Å². The van der Waals surface area contributed by atoms with Crippen LogP contribution in [0.15, 0.2) is 28.7 Å². The van der Waals surface area contributed by atoms with Crippen molar-refractivity contribution in [2.24, 2.45) is 0 Å². The molecule has 1 aromatic heterocycles. The van der Waals surface area contributed by atoms with Crippen molar-refractivity contribution in [1.82, 2.24) is 15.1 Å². The van der Waals surface area contributed by atoms with Gasteiger partial charge in [-0.2, -0.15) is 0 Å². The summed E-state index contributed by atoms with van der Waals surface area (Å²) >= 11 is 5.91. The average Bonchev–Trinajstić information content (AvgIpc) is 2.93. The minimum absolute atomic E-state index is 0.00132. The summed E-state index contributed by atoms with van der Waals surface area (Å²) in [6.07, 6.45) is 1.97. The summed E-state index contributed by atoms with van der Waals surface area (Å²) in [6, 6.07) is 7.06. The zero-order valence-corrected chi connectivity index (χ0v) is 12.2. The zero-order chi connectivity index (χ0) is 14.5. The Kier molecular flexibility index (Phi) is 4.74. The molecule has 0 radical (unpaired) electrons.